The number of anilines is 2. The molecule has 0 atom stereocenters. The standard InChI is InChI=1S/C15H23N3O/c1-2-17(14-8-6-13(16)7-9-14)12-15(19)18-10-4-3-5-11-18/h6-9H,2-5,10-12,16H2,1H3. The first-order chi connectivity index (χ1) is 9.20. The molecule has 4 heteroatoms. The monoisotopic (exact) mass is 261 g/mol. The zero-order chi connectivity index (χ0) is 13.7. The minimum Gasteiger partial charge on any atom is -0.399 e. The van der Waals surface area contributed by atoms with Crippen molar-refractivity contribution in [2.45, 2.75) is 26.2 Å². The molecule has 1 saturated heterocycles. The Balaban J connectivity index is 1.98. The van der Waals surface area contributed by atoms with Crippen LogP contribution in [0.3, 0.4) is 0 Å². The van der Waals surface area contributed by atoms with Crippen LogP contribution in [-0.4, -0.2) is 37.0 Å². The van der Waals surface area contributed by atoms with E-state index in [0.717, 1.165) is 43.9 Å². The fourth-order valence-corrected chi connectivity index (χ4v) is 2.48. The van der Waals surface area contributed by atoms with Crippen molar-refractivity contribution < 1.29 is 4.79 Å². The number of carbonyl (C=O) groups excluding carboxylic acids is 1. The van der Waals surface area contributed by atoms with Gasteiger partial charge in [-0.05, 0) is 50.5 Å². The van der Waals surface area contributed by atoms with Crippen molar-refractivity contribution in [3.63, 3.8) is 0 Å². The van der Waals surface area contributed by atoms with E-state index in [2.05, 4.69) is 11.8 Å². The molecule has 0 bridgehead atoms. The number of likely N-dealkylation sites (tertiary alicyclic amines) is 1. The Morgan fingerprint density at radius 2 is 1.84 bits per heavy atom. The van der Waals surface area contributed by atoms with Gasteiger partial charge in [0.25, 0.3) is 0 Å². The van der Waals surface area contributed by atoms with Gasteiger partial charge in [-0.1, -0.05) is 0 Å². The third-order valence-corrected chi connectivity index (χ3v) is 3.67. The predicted molar refractivity (Wildman–Crippen MR) is 79.2 cm³/mol. The molecule has 1 aliphatic rings. The maximum absolute atomic E-state index is 12.3. The first-order valence-corrected chi connectivity index (χ1v) is 7.09. The van der Waals surface area contributed by atoms with Gasteiger partial charge in [-0.15, -0.1) is 0 Å². The minimum atomic E-state index is 0.235. The molecule has 4 nitrogen and oxygen atoms in total. The predicted octanol–water partition coefficient (Wildman–Crippen LogP) is 2.11. The lowest BCUT2D eigenvalue weighted by Gasteiger charge is -2.30. The Morgan fingerprint density at radius 3 is 2.42 bits per heavy atom. The summed E-state index contributed by atoms with van der Waals surface area (Å²) in [6.07, 6.45) is 3.53. The summed E-state index contributed by atoms with van der Waals surface area (Å²) in [4.78, 5) is 16.4. The summed E-state index contributed by atoms with van der Waals surface area (Å²) < 4.78 is 0. The number of piperidine rings is 1. The quantitative estimate of drug-likeness (QED) is 0.845. The molecular weight excluding hydrogens is 238 g/mol. The van der Waals surface area contributed by atoms with Gasteiger partial charge in [-0.25, -0.2) is 0 Å². The van der Waals surface area contributed by atoms with Crippen LogP contribution in [0.15, 0.2) is 24.3 Å². The lowest BCUT2D eigenvalue weighted by molar-refractivity contribution is -0.130. The van der Waals surface area contributed by atoms with Crippen LogP contribution in [-0.2, 0) is 4.79 Å². The van der Waals surface area contributed by atoms with Crippen LogP contribution in [0.25, 0.3) is 0 Å². The number of hydrogen-bond donors (Lipinski definition) is 1. The normalized spacial score (nSPS) is 15.3. The Kier molecular flexibility index (Phi) is 4.66. The van der Waals surface area contributed by atoms with E-state index in [-0.39, 0.29) is 5.91 Å². The molecule has 0 radical (unpaired) electrons. The highest BCUT2D eigenvalue weighted by molar-refractivity contribution is 5.81. The molecule has 1 aromatic carbocycles. The lowest BCUT2D eigenvalue weighted by atomic mass is 10.1. The summed E-state index contributed by atoms with van der Waals surface area (Å²) in [7, 11) is 0. The Morgan fingerprint density at radius 1 is 1.21 bits per heavy atom. The molecule has 1 aliphatic heterocycles. The van der Waals surface area contributed by atoms with Crippen LogP contribution >= 0.6 is 0 Å². The zero-order valence-electron chi connectivity index (χ0n) is 11.6. The van der Waals surface area contributed by atoms with Gasteiger partial charge >= 0.3 is 0 Å². The number of benzene rings is 1. The SMILES string of the molecule is CCN(CC(=O)N1CCCCC1)c1ccc(N)cc1. The van der Waals surface area contributed by atoms with Crippen LogP contribution < -0.4 is 10.6 Å². The molecule has 0 spiro atoms. The molecule has 0 aromatic heterocycles. The molecular formula is C15H23N3O. The van der Waals surface area contributed by atoms with Crippen LogP contribution in [0.5, 0.6) is 0 Å². The number of nitrogens with zero attached hydrogens (tertiary/aromatic N) is 2. The molecule has 1 aromatic rings. The average molecular weight is 261 g/mol. The van der Waals surface area contributed by atoms with Crippen LogP contribution in [0.4, 0.5) is 11.4 Å². The smallest absolute Gasteiger partial charge is 0.242 e. The number of rotatable bonds is 4. The third kappa shape index (κ3) is 3.63. The van der Waals surface area contributed by atoms with Gasteiger partial charge in [-0.3, -0.25) is 4.79 Å². The minimum absolute atomic E-state index is 0.235. The topological polar surface area (TPSA) is 49.6 Å². The van der Waals surface area contributed by atoms with E-state index in [1.165, 1.54) is 6.42 Å². The van der Waals surface area contributed by atoms with Crippen molar-refractivity contribution in [3.05, 3.63) is 24.3 Å². The van der Waals surface area contributed by atoms with Gasteiger partial charge in [0.15, 0.2) is 0 Å². The number of nitrogen functional groups attached to an aromatic ring is 1. The highest BCUT2D eigenvalue weighted by atomic mass is 16.2. The van der Waals surface area contributed by atoms with E-state index in [4.69, 9.17) is 5.73 Å². The Bertz CT molecular complexity index is 410. The van der Waals surface area contributed by atoms with Crippen molar-refractivity contribution >= 4 is 17.3 Å². The first-order valence-electron chi connectivity index (χ1n) is 7.09. The molecule has 1 amide bonds. The summed E-state index contributed by atoms with van der Waals surface area (Å²) in [5.41, 5.74) is 7.50. The van der Waals surface area contributed by atoms with Crippen LogP contribution in [0.1, 0.15) is 26.2 Å². The Hall–Kier alpha value is -1.71. The number of hydrogen-bond acceptors (Lipinski definition) is 3. The van der Waals surface area contributed by atoms with Crippen LogP contribution in [0.2, 0.25) is 0 Å². The fraction of sp³-hybridized carbons (Fsp3) is 0.533. The van der Waals surface area contributed by atoms with Crippen molar-refractivity contribution in [1.82, 2.24) is 4.90 Å². The van der Waals surface area contributed by atoms with Gasteiger partial charge in [-0.2, -0.15) is 0 Å². The van der Waals surface area contributed by atoms with Crippen molar-refractivity contribution in [2.24, 2.45) is 0 Å². The van der Waals surface area contributed by atoms with Crippen LogP contribution in [0, 0.1) is 0 Å². The number of amides is 1. The summed E-state index contributed by atoms with van der Waals surface area (Å²) in [6.45, 7) is 5.18. The summed E-state index contributed by atoms with van der Waals surface area (Å²) >= 11 is 0. The zero-order valence-corrected chi connectivity index (χ0v) is 11.6. The van der Waals surface area contributed by atoms with Gasteiger partial charge in [0, 0.05) is 31.0 Å². The summed E-state index contributed by atoms with van der Waals surface area (Å²) in [6, 6.07) is 7.71. The molecule has 1 fully saturated rings. The van der Waals surface area contributed by atoms with Crippen molar-refractivity contribution in [2.75, 3.05) is 36.8 Å². The Labute approximate surface area is 115 Å². The van der Waals surface area contributed by atoms with E-state index < -0.39 is 0 Å². The second-order valence-corrected chi connectivity index (χ2v) is 5.05. The average Bonchev–Trinajstić information content (AvgIpc) is 2.46. The number of likely N-dealkylation sites (N-methyl/N-ethyl adjacent to an activating group) is 1. The van der Waals surface area contributed by atoms with Crippen molar-refractivity contribution in [3.8, 4) is 0 Å². The molecule has 2 N–H and O–H groups in total. The van der Waals surface area contributed by atoms with E-state index in [0.29, 0.717) is 6.54 Å². The van der Waals surface area contributed by atoms with Gasteiger partial charge in [0.05, 0.1) is 6.54 Å². The first kappa shape index (κ1) is 13.7. The van der Waals surface area contributed by atoms with Gasteiger partial charge in [0.1, 0.15) is 0 Å². The molecule has 104 valence electrons. The lowest BCUT2D eigenvalue weighted by Crippen LogP contribution is -2.42. The maximum Gasteiger partial charge on any atom is 0.242 e. The van der Waals surface area contributed by atoms with E-state index >= 15 is 0 Å². The second kappa shape index (κ2) is 6.45. The number of nitrogens with two attached hydrogens (primary N) is 1. The van der Waals surface area contributed by atoms with Gasteiger partial charge < -0.3 is 15.5 Å². The van der Waals surface area contributed by atoms with E-state index in [1.807, 2.05) is 29.2 Å². The summed E-state index contributed by atoms with van der Waals surface area (Å²) in [5, 5.41) is 0. The molecule has 1 heterocycles. The molecule has 2 rings (SSSR count). The van der Waals surface area contributed by atoms with Gasteiger partial charge in [0.2, 0.25) is 5.91 Å². The highest BCUT2D eigenvalue weighted by Gasteiger charge is 2.18. The molecule has 0 saturated carbocycles. The highest BCUT2D eigenvalue weighted by Crippen LogP contribution is 2.17. The molecule has 0 aliphatic carbocycles. The number of carbonyl (C=O) groups is 1. The van der Waals surface area contributed by atoms with E-state index in [9.17, 15) is 4.79 Å². The third-order valence-electron chi connectivity index (χ3n) is 3.67. The second-order valence-electron chi connectivity index (χ2n) is 5.05. The fourth-order valence-electron chi connectivity index (χ4n) is 2.48. The molecule has 19 heavy (non-hydrogen) atoms. The maximum atomic E-state index is 12.3. The van der Waals surface area contributed by atoms with Crippen molar-refractivity contribution in [1.29, 1.82) is 0 Å². The van der Waals surface area contributed by atoms with E-state index in [1.54, 1.807) is 0 Å². The molecule has 0 unspecified atom stereocenters. The largest absolute Gasteiger partial charge is 0.399 e. The summed E-state index contributed by atoms with van der Waals surface area (Å²) in [5.74, 6) is 0.235.